The molecule has 2 fully saturated rings. The van der Waals surface area contributed by atoms with Gasteiger partial charge in [0.1, 0.15) is 5.78 Å². The Morgan fingerprint density at radius 3 is 2.68 bits per heavy atom. The first-order chi connectivity index (χ1) is 11.9. The standard InChI is InChI=1S/C16H16N2O5S2/c19-14-10-12-6-8-16(7-1-9-24-15(14)16)17(12)25(22,23)13-4-2-11(3-5-13)18(20)21/h2-6,8,12,15H,1,7,9-10H2/t12-,15+,16+/m1/s1. The van der Waals surface area contributed by atoms with Crippen LogP contribution in [0.15, 0.2) is 41.3 Å². The second-order valence-corrected chi connectivity index (χ2v) is 9.52. The van der Waals surface area contributed by atoms with E-state index in [2.05, 4.69) is 0 Å². The topological polar surface area (TPSA) is 97.6 Å². The minimum absolute atomic E-state index is 0.0230. The minimum Gasteiger partial charge on any atom is -0.298 e. The van der Waals surface area contributed by atoms with Crippen molar-refractivity contribution in [1.29, 1.82) is 0 Å². The van der Waals surface area contributed by atoms with E-state index in [4.69, 9.17) is 0 Å². The number of fused-ring (bicyclic) bond motifs is 1. The van der Waals surface area contributed by atoms with Gasteiger partial charge in [0.15, 0.2) is 0 Å². The number of nitrogens with zero attached hydrogens (tertiary/aromatic N) is 2. The van der Waals surface area contributed by atoms with E-state index in [1.54, 1.807) is 0 Å². The first kappa shape index (κ1) is 16.7. The third-order valence-electron chi connectivity index (χ3n) is 5.09. The number of piperidine rings is 1. The van der Waals surface area contributed by atoms with Gasteiger partial charge in [-0.3, -0.25) is 14.9 Å². The van der Waals surface area contributed by atoms with Gasteiger partial charge in [0.05, 0.1) is 26.6 Å². The summed E-state index contributed by atoms with van der Waals surface area (Å²) >= 11 is 1.53. The fourth-order valence-electron chi connectivity index (χ4n) is 4.06. The first-order valence-electron chi connectivity index (χ1n) is 7.99. The molecule has 2 saturated heterocycles. The summed E-state index contributed by atoms with van der Waals surface area (Å²) in [7, 11) is -3.86. The van der Waals surface area contributed by atoms with E-state index in [-0.39, 0.29) is 28.0 Å². The summed E-state index contributed by atoms with van der Waals surface area (Å²) in [5.74, 6) is 0.956. The van der Waals surface area contributed by atoms with Gasteiger partial charge in [-0.1, -0.05) is 12.2 Å². The molecule has 0 N–H and O–H groups in total. The maximum absolute atomic E-state index is 13.3. The van der Waals surface area contributed by atoms with Crippen molar-refractivity contribution < 1.29 is 18.1 Å². The predicted octanol–water partition coefficient (Wildman–Crippen LogP) is 2.13. The van der Waals surface area contributed by atoms with Crippen LogP contribution in [-0.4, -0.2) is 46.0 Å². The summed E-state index contributed by atoms with van der Waals surface area (Å²) in [6, 6.07) is 4.46. The summed E-state index contributed by atoms with van der Waals surface area (Å²) in [4.78, 5) is 22.7. The number of non-ortho nitro benzene ring substituents is 1. The molecule has 0 radical (unpaired) electrons. The van der Waals surface area contributed by atoms with E-state index in [0.717, 1.165) is 12.2 Å². The molecule has 132 valence electrons. The normalized spacial score (nSPS) is 31.8. The van der Waals surface area contributed by atoms with Crippen molar-refractivity contribution in [3.05, 3.63) is 46.5 Å². The van der Waals surface area contributed by atoms with Crippen molar-refractivity contribution in [2.45, 2.75) is 41.0 Å². The van der Waals surface area contributed by atoms with Gasteiger partial charge >= 0.3 is 0 Å². The van der Waals surface area contributed by atoms with E-state index in [1.165, 1.54) is 40.3 Å². The van der Waals surface area contributed by atoms with E-state index in [1.807, 2.05) is 12.2 Å². The molecule has 3 aliphatic rings. The Kier molecular flexibility index (Phi) is 3.78. The highest BCUT2D eigenvalue weighted by molar-refractivity contribution is 8.00. The molecular weight excluding hydrogens is 364 g/mol. The van der Waals surface area contributed by atoms with Crippen LogP contribution in [0.3, 0.4) is 0 Å². The Balaban J connectivity index is 1.77. The van der Waals surface area contributed by atoms with Crippen molar-refractivity contribution >= 4 is 33.3 Å². The van der Waals surface area contributed by atoms with Gasteiger partial charge in [-0.2, -0.15) is 4.31 Å². The molecule has 2 bridgehead atoms. The zero-order valence-electron chi connectivity index (χ0n) is 13.2. The van der Waals surface area contributed by atoms with Crippen molar-refractivity contribution in [2.75, 3.05) is 5.75 Å². The fourth-order valence-corrected chi connectivity index (χ4v) is 7.47. The number of benzene rings is 1. The van der Waals surface area contributed by atoms with Crippen LogP contribution in [-0.2, 0) is 14.8 Å². The summed E-state index contributed by atoms with van der Waals surface area (Å²) in [6.07, 6.45) is 5.37. The lowest BCUT2D eigenvalue weighted by Gasteiger charge is -2.49. The average Bonchev–Trinajstić information content (AvgIpc) is 2.87. The Morgan fingerprint density at radius 2 is 2.00 bits per heavy atom. The number of nitro groups is 1. The highest BCUT2D eigenvalue weighted by atomic mass is 32.2. The molecule has 1 aromatic rings. The lowest BCUT2D eigenvalue weighted by molar-refractivity contribution is -0.384. The van der Waals surface area contributed by atoms with Crippen LogP contribution in [0.1, 0.15) is 19.3 Å². The summed E-state index contributed by atoms with van der Waals surface area (Å²) in [6.45, 7) is 0. The quantitative estimate of drug-likeness (QED) is 0.453. The third kappa shape index (κ3) is 2.37. The number of Topliss-reactive ketones (excluding diaryl/α,β-unsaturated/α-hetero) is 1. The van der Waals surface area contributed by atoms with E-state index < -0.39 is 26.5 Å². The Hall–Kier alpha value is -1.71. The third-order valence-corrected chi connectivity index (χ3v) is 8.61. The zero-order valence-corrected chi connectivity index (χ0v) is 14.8. The second kappa shape index (κ2) is 5.65. The van der Waals surface area contributed by atoms with Crippen molar-refractivity contribution in [1.82, 2.24) is 4.31 Å². The first-order valence-corrected chi connectivity index (χ1v) is 10.5. The molecule has 1 aromatic carbocycles. The maximum atomic E-state index is 13.3. The van der Waals surface area contributed by atoms with Crippen LogP contribution >= 0.6 is 11.8 Å². The molecule has 4 rings (SSSR count). The van der Waals surface area contributed by atoms with Crippen LogP contribution in [0.2, 0.25) is 0 Å². The van der Waals surface area contributed by atoms with Gasteiger partial charge in [0, 0.05) is 18.6 Å². The fraction of sp³-hybridized carbons (Fsp3) is 0.438. The SMILES string of the molecule is O=C1C[C@H]2C=C[C@]3(CCCS[C@@H]13)N2S(=O)(=O)c1ccc([N+](=O)[O-])cc1. The van der Waals surface area contributed by atoms with E-state index >= 15 is 0 Å². The Bertz CT molecular complexity index is 880. The van der Waals surface area contributed by atoms with Crippen LogP contribution in [0.25, 0.3) is 0 Å². The molecule has 25 heavy (non-hydrogen) atoms. The molecule has 0 amide bonds. The Labute approximate surface area is 149 Å². The number of rotatable bonds is 3. The van der Waals surface area contributed by atoms with Gasteiger partial charge < -0.3 is 0 Å². The number of nitro benzene ring substituents is 1. The van der Waals surface area contributed by atoms with Gasteiger partial charge in [-0.05, 0) is 30.7 Å². The maximum Gasteiger partial charge on any atom is 0.269 e. The smallest absolute Gasteiger partial charge is 0.269 e. The number of carbonyl (C=O) groups excluding carboxylic acids is 1. The van der Waals surface area contributed by atoms with Gasteiger partial charge in [-0.25, -0.2) is 8.42 Å². The van der Waals surface area contributed by atoms with Crippen LogP contribution < -0.4 is 0 Å². The monoisotopic (exact) mass is 380 g/mol. The van der Waals surface area contributed by atoms with Crippen LogP contribution in [0.5, 0.6) is 0 Å². The second-order valence-electron chi connectivity index (χ2n) is 6.49. The van der Waals surface area contributed by atoms with Gasteiger partial charge in [0.25, 0.3) is 5.69 Å². The largest absolute Gasteiger partial charge is 0.298 e. The number of sulfonamides is 1. The summed E-state index contributed by atoms with van der Waals surface area (Å²) < 4.78 is 28.0. The van der Waals surface area contributed by atoms with Crippen LogP contribution in [0.4, 0.5) is 5.69 Å². The number of carbonyl (C=O) groups is 1. The summed E-state index contributed by atoms with van der Waals surface area (Å²) in [5.41, 5.74) is -0.957. The number of hydrogen-bond donors (Lipinski definition) is 0. The molecule has 0 unspecified atom stereocenters. The average molecular weight is 380 g/mol. The molecule has 7 nitrogen and oxygen atoms in total. The molecular formula is C16H16N2O5S2. The van der Waals surface area contributed by atoms with Crippen molar-refractivity contribution in [3.8, 4) is 0 Å². The molecule has 0 aromatic heterocycles. The number of hydrogen-bond acceptors (Lipinski definition) is 6. The number of thioether (sulfide) groups is 1. The van der Waals surface area contributed by atoms with Gasteiger partial charge in [0.2, 0.25) is 10.0 Å². The van der Waals surface area contributed by atoms with Crippen LogP contribution in [0, 0.1) is 10.1 Å². The van der Waals surface area contributed by atoms with Crippen molar-refractivity contribution in [3.63, 3.8) is 0 Å². The molecule has 1 spiro atoms. The van der Waals surface area contributed by atoms with E-state index in [0.29, 0.717) is 6.42 Å². The molecule has 0 aliphatic carbocycles. The Morgan fingerprint density at radius 1 is 1.28 bits per heavy atom. The predicted molar refractivity (Wildman–Crippen MR) is 92.9 cm³/mol. The lowest BCUT2D eigenvalue weighted by atomic mass is 9.85. The molecule has 9 heteroatoms. The molecule has 3 aliphatic heterocycles. The molecule has 3 atom stereocenters. The minimum atomic E-state index is -3.86. The zero-order chi connectivity index (χ0) is 17.8. The van der Waals surface area contributed by atoms with Crippen molar-refractivity contribution in [2.24, 2.45) is 0 Å². The van der Waals surface area contributed by atoms with Gasteiger partial charge in [-0.15, -0.1) is 11.8 Å². The number of ketones is 1. The highest BCUT2D eigenvalue weighted by Crippen LogP contribution is 2.51. The molecule has 3 heterocycles. The lowest BCUT2D eigenvalue weighted by Crippen LogP contribution is -2.64. The summed E-state index contributed by atoms with van der Waals surface area (Å²) in [5, 5.41) is 10.4. The molecule has 0 saturated carbocycles. The highest BCUT2D eigenvalue weighted by Gasteiger charge is 2.60. The van der Waals surface area contributed by atoms with E-state index in [9.17, 15) is 23.3 Å².